The van der Waals surface area contributed by atoms with Gasteiger partial charge in [0.15, 0.2) is 5.88 Å². The number of benzene rings is 2. The third kappa shape index (κ3) is 4.39. The van der Waals surface area contributed by atoms with E-state index in [1.807, 2.05) is 30.5 Å². The Balaban J connectivity index is 1.86. The molecule has 2 atom stereocenters. The van der Waals surface area contributed by atoms with E-state index in [1.54, 1.807) is 23.6 Å². The SMILES string of the molecule is CCOC(=O)C(c1ccc(Cn2cc3ccccc3c2O)cc1)C(C)C(F)(F)F. The highest BCUT2D eigenvalue weighted by atomic mass is 19.4. The fourth-order valence-electron chi connectivity index (χ4n) is 3.39. The lowest BCUT2D eigenvalue weighted by Crippen LogP contribution is -2.32. The Morgan fingerprint density at radius 2 is 1.79 bits per heavy atom. The summed E-state index contributed by atoms with van der Waals surface area (Å²) in [7, 11) is 0. The molecule has 2 unspecified atom stereocenters. The van der Waals surface area contributed by atoms with Crippen LogP contribution in [0.25, 0.3) is 10.8 Å². The normalized spacial score (nSPS) is 14.0. The lowest BCUT2D eigenvalue weighted by molar-refractivity contribution is -0.185. The molecule has 0 aliphatic rings. The molecule has 1 aromatic heterocycles. The van der Waals surface area contributed by atoms with E-state index in [-0.39, 0.29) is 18.1 Å². The van der Waals surface area contributed by atoms with Crippen LogP contribution in [0.3, 0.4) is 0 Å². The first-order chi connectivity index (χ1) is 13.7. The van der Waals surface area contributed by atoms with Crippen molar-refractivity contribution in [3.05, 3.63) is 65.9 Å². The van der Waals surface area contributed by atoms with Gasteiger partial charge in [0.1, 0.15) is 0 Å². The monoisotopic (exact) mass is 405 g/mol. The molecule has 3 rings (SSSR count). The highest BCUT2D eigenvalue weighted by molar-refractivity contribution is 5.87. The first-order valence-electron chi connectivity index (χ1n) is 9.31. The van der Waals surface area contributed by atoms with Crippen molar-refractivity contribution in [3.8, 4) is 5.88 Å². The third-order valence-electron chi connectivity index (χ3n) is 5.02. The molecule has 0 spiro atoms. The van der Waals surface area contributed by atoms with Crippen molar-refractivity contribution in [3.63, 3.8) is 0 Å². The predicted octanol–water partition coefficient (Wildman–Crippen LogP) is 5.24. The van der Waals surface area contributed by atoms with Crippen LogP contribution in [0.4, 0.5) is 13.2 Å². The molecule has 29 heavy (non-hydrogen) atoms. The first kappa shape index (κ1) is 20.8. The quantitative estimate of drug-likeness (QED) is 0.571. The number of ether oxygens (including phenoxy) is 1. The molecule has 0 radical (unpaired) electrons. The van der Waals surface area contributed by atoms with E-state index in [4.69, 9.17) is 4.74 Å². The van der Waals surface area contributed by atoms with Gasteiger partial charge in [0.05, 0.1) is 25.0 Å². The number of halogens is 3. The molecule has 0 aliphatic carbocycles. The van der Waals surface area contributed by atoms with E-state index in [0.717, 1.165) is 23.3 Å². The van der Waals surface area contributed by atoms with Crippen LogP contribution in [0.5, 0.6) is 5.88 Å². The maximum absolute atomic E-state index is 13.3. The Morgan fingerprint density at radius 1 is 1.14 bits per heavy atom. The minimum Gasteiger partial charge on any atom is -0.494 e. The van der Waals surface area contributed by atoms with Crippen LogP contribution < -0.4 is 0 Å². The minimum atomic E-state index is -4.52. The summed E-state index contributed by atoms with van der Waals surface area (Å²) in [6.45, 7) is 2.90. The van der Waals surface area contributed by atoms with Crippen LogP contribution >= 0.6 is 0 Å². The number of hydrogen-bond acceptors (Lipinski definition) is 3. The Labute approximate surface area is 166 Å². The molecule has 0 aliphatic heterocycles. The lowest BCUT2D eigenvalue weighted by Gasteiger charge is -2.25. The summed E-state index contributed by atoms with van der Waals surface area (Å²) in [4.78, 5) is 12.2. The summed E-state index contributed by atoms with van der Waals surface area (Å²) in [5, 5.41) is 12.0. The lowest BCUT2D eigenvalue weighted by atomic mass is 9.86. The summed E-state index contributed by atoms with van der Waals surface area (Å²) in [6.07, 6.45) is -2.71. The van der Waals surface area contributed by atoms with Gasteiger partial charge in [-0.25, -0.2) is 0 Å². The van der Waals surface area contributed by atoms with Crippen molar-refractivity contribution in [2.75, 3.05) is 6.61 Å². The van der Waals surface area contributed by atoms with E-state index in [0.29, 0.717) is 6.54 Å². The molecule has 1 N–H and O–H groups in total. The zero-order valence-electron chi connectivity index (χ0n) is 16.1. The van der Waals surface area contributed by atoms with Gasteiger partial charge < -0.3 is 14.4 Å². The number of hydrogen-bond donors (Lipinski definition) is 1. The van der Waals surface area contributed by atoms with Crippen molar-refractivity contribution in [2.45, 2.75) is 32.5 Å². The molecule has 0 bridgehead atoms. The topological polar surface area (TPSA) is 51.5 Å². The third-order valence-corrected chi connectivity index (χ3v) is 5.02. The van der Waals surface area contributed by atoms with Crippen molar-refractivity contribution in [2.24, 2.45) is 5.92 Å². The maximum atomic E-state index is 13.3. The van der Waals surface area contributed by atoms with E-state index < -0.39 is 24.0 Å². The number of esters is 1. The van der Waals surface area contributed by atoms with Gasteiger partial charge in [-0.3, -0.25) is 4.79 Å². The fraction of sp³-hybridized carbons (Fsp3) is 0.318. The summed E-state index contributed by atoms with van der Waals surface area (Å²) >= 11 is 0. The molecule has 3 aromatic rings. The van der Waals surface area contributed by atoms with Crippen LogP contribution in [0.1, 0.15) is 30.9 Å². The van der Waals surface area contributed by atoms with Crippen LogP contribution in [0, 0.1) is 5.92 Å². The van der Waals surface area contributed by atoms with E-state index in [9.17, 15) is 23.1 Å². The number of nitrogens with zero attached hydrogens (tertiary/aromatic N) is 1. The summed E-state index contributed by atoms with van der Waals surface area (Å²) in [5.41, 5.74) is 1.03. The van der Waals surface area contributed by atoms with Gasteiger partial charge in [-0.2, -0.15) is 13.2 Å². The Kier molecular flexibility index (Phi) is 5.86. The van der Waals surface area contributed by atoms with Crippen LogP contribution in [0.2, 0.25) is 0 Å². The highest BCUT2D eigenvalue weighted by Gasteiger charge is 2.45. The Morgan fingerprint density at radius 3 is 2.38 bits per heavy atom. The fourth-order valence-corrected chi connectivity index (χ4v) is 3.39. The van der Waals surface area contributed by atoms with Gasteiger partial charge in [0.2, 0.25) is 0 Å². The molecule has 4 nitrogen and oxygen atoms in total. The maximum Gasteiger partial charge on any atom is 0.392 e. The molecule has 0 fully saturated rings. The zero-order chi connectivity index (χ0) is 21.2. The van der Waals surface area contributed by atoms with Crippen molar-refractivity contribution < 1.29 is 27.8 Å². The average Bonchev–Trinajstić information content (AvgIpc) is 2.99. The molecule has 0 amide bonds. The molecule has 154 valence electrons. The zero-order valence-corrected chi connectivity index (χ0v) is 16.1. The molecule has 0 saturated carbocycles. The van der Waals surface area contributed by atoms with Crippen molar-refractivity contribution >= 4 is 16.7 Å². The smallest absolute Gasteiger partial charge is 0.392 e. The highest BCUT2D eigenvalue weighted by Crippen LogP contribution is 2.38. The molecule has 1 heterocycles. The number of aromatic nitrogens is 1. The van der Waals surface area contributed by atoms with Crippen molar-refractivity contribution in [1.29, 1.82) is 0 Å². The molecule has 0 saturated heterocycles. The van der Waals surface area contributed by atoms with Crippen LogP contribution in [-0.2, 0) is 16.1 Å². The molecular formula is C22H22F3NO3. The standard InChI is InChI=1S/C22H22F3NO3/c1-3-29-21(28)19(14(2)22(23,24)25)16-10-8-15(9-11-16)12-26-13-17-6-4-5-7-18(17)20(26)27/h4-11,13-14,19,27H,3,12H2,1-2H3. The van der Waals surface area contributed by atoms with Gasteiger partial charge in [0, 0.05) is 17.0 Å². The number of alkyl halides is 3. The van der Waals surface area contributed by atoms with Gasteiger partial charge in [-0.1, -0.05) is 49.4 Å². The van der Waals surface area contributed by atoms with E-state index in [1.165, 1.54) is 12.1 Å². The number of fused-ring (bicyclic) bond motifs is 1. The number of rotatable bonds is 6. The second kappa shape index (κ2) is 8.19. The summed E-state index contributed by atoms with van der Waals surface area (Å²) in [5.74, 6) is -4.06. The average molecular weight is 405 g/mol. The van der Waals surface area contributed by atoms with E-state index >= 15 is 0 Å². The number of aromatic hydroxyl groups is 1. The molecule has 2 aromatic carbocycles. The van der Waals surface area contributed by atoms with Crippen molar-refractivity contribution in [1.82, 2.24) is 4.57 Å². The number of carbonyl (C=O) groups is 1. The Hall–Kier alpha value is -2.96. The van der Waals surface area contributed by atoms with Crippen LogP contribution in [0.15, 0.2) is 54.7 Å². The van der Waals surface area contributed by atoms with E-state index in [2.05, 4.69) is 0 Å². The predicted molar refractivity (Wildman–Crippen MR) is 104 cm³/mol. The molecular weight excluding hydrogens is 383 g/mol. The molecule has 7 heteroatoms. The summed E-state index contributed by atoms with van der Waals surface area (Å²) < 4.78 is 46.3. The second-order valence-corrected chi connectivity index (χ2v) is 6.97. The Bertz CT molecular complexity index is 993. The van der Waals surface area contributed by atoms with Gasteiger partial charge in [0.25, 0.3) is 0 Å². The second-order valence-electron chi connectivity index (χ2n) is 6.97. The van der Waals surface area contributed by atoms with Gasteiger partial charge in [-0.05, 0) is 24.1 Å². The van der Waals surface area contributed by atoms with Gasteiger partial charge in [-0.15, -0.1) is 0 Å². The largest absolute Gasteiger partial charge is 0.494 e. The van der Waals surface area contributed by atoms with Crippen LogP contribution in [-0.4, -0.2) is 28.4 Å². The summed E-state index contributed by atoms with van der Waals surface area (Å²) in [6, 6.07) is 13.8. The number of carbonyl (C=O) groups excluding carboxylic acids is 1. The first-order valence-corrected chi connectivity index (χ1v) is 9.31. The minimum absolute atomic E-state index is 0.0124. The van der Waals surface area contributed by atoms with Gasteiger partial charge >= 0.3 is 12.1 Å².